The van der Waals surface area contributed by atoms with Crippen LogP contribution in [0.25, 0.3) is 6.08 Å². The van der Waals surface area contributed by atoms with Gasteiger partial charge in [-0.15, -0.1) is 0 Å². The summed E-state index contributed by atoms with van der Waals surface area (Å²) in [5, 5.41) is 9.27. The Bertz CT molecular complexity index is 760. The molecule has 4 heteroatoms. The van der Waals surface area contributed by atoms with E-state index in [0.717, 1.165) is 29.0 Å². The second-order valence-electron chi connectivity index (χ2n) is 5.58. The van der Waals surface area contributed by atoms with Gasteiger partial charge in [0.05, 0.1) is 7.11 Å². The number of phenols is 1. The van der Waals surface area contributed by atoms with E-state index in [9.17, 15) is 9.90 Å². The van der Waals surface area contributed by atoms with Gasteiger partial charge in [-0.25, -0.2) is 0 Å². The predicted molar refractivity (Wildman–Crippen MR) is 88.3 cm³/mol. The van der Waals surface area contributed by atoms with Crippen molar-refractivity contribution < 1.29 is 19.4 Å². The summed E-state index contributed by atoms with van der Waals surface area (Å²) >= 11 is 0. The molecule has 1 heterocycles. The number of carbonyl (C=O) groups excluding carboxylic acids is 1. The Morgan fingerprint density at radius 2 is 2.04 bits per heavy atom. The Morgan fingerprint density at radius 1 is 1.30 bits per heavy atom. The number of benzene rings is 2. The molecule has 2 aromatic rings. The van der Waals surface area contributed by atoms with Crippen molar-refractivity contribution in [2.75, 3.05) is 7.11 Å². The summed E-state index contributed by atoms with van der Waals surface area (Å²) in [4.78, 5) is 12.2. The Kier molecular flexibility index (Phi) is 4.06. The molecule has 1 unspecified atom stereocenters. The molecule has 0 fully saturated rings. The third-order valence-electron chi connectivity index (χ3n) is 3.81. The van der Waals surface area contributed by atoms with Crippen LogP contribution in [0.15, 0.2) is 42.5 Å². The number of ether oxygens (including phenoxy) is 2. The van der Waals surface area contributed by atoms with Crippen LogP contribution in [-0.2, 0) is 6.42 Å². The van der Waals surface area contributed by atoms with Gasteiger partial charge in [0, 0.05) is 23.1 Å². The first-order valence-electron chi connectivity index (χ1n) is 7.46. The summed E-state index contributed by atoms with van der Waals surface area (Å²) in [5.41, 5.74) is 2.44. The van der Waals surface area contributed by atoms with Gasteiger partial charge in [0.2, 0.25) is 0 Å². The molecule has 1 N–H and O–H groups in total. The molecule has 0 radical (unpaired) electrons. The maximum Gasteiger partial charge on any atom is 0.185 e. The van der Waals surface area contributed by atoms with Crippen LogP contribution in [0, 0.1) is 0 Å². The molecule has 1 aliphatic heterocycles. The molecule has 4 nitrogen and oxygen atoms in total. The lowest BCUT2D eigenvalue weighted by Gasteiger charge is -2.08. The number of ketones is 1. The van der Waals surface area contributed by atoms with Crippen molar-refractivity contribution in [2.45, 2.75) is 19.4 Å². The summed E-state index contributed by atoms with van der Waals surface area (Å²) in [6, 6.07) is 10.0. The summed E-state index contributed by atoms with van der Waals surface area (Å²) in [5.74, 6) is 1.56. The number of hydrogen-bond acceptors (Lipinski definition) is 4. The van der Waals surface area contributed by atoms with Crippen LogP contribution in [0.2, 0.25) is 0 Å². The molecule has 1 atom stereocenters. The molecule has 0 saturated carbocycles. The summed E-state index contributed by atoms with van der Waals surface area (Å²) < 4.78 is 11.2. The number of phenolic OH excluding ortho intramolecular Hbond substituents is 1. The van der Waals surface area contributed by atoms with Gasteiger partial charge in [-0.05, 0) is 55.5 Å². The van der Waals surface area contributed by atoms with Gasteiger partial charge in [-0.2, -0.15) is 0 Å². The molecule has 0 saturated heterocycles. The Hall–Kier alpha value is -2.75. The molecule has 118 valence electrons. The topological polar surface area (TPSA) is 55.8 Å². The van der Waals surface area contributed by atoms with E-state index in [2.05, 4.69) is 0 Å². The van der Waals surface area contributed by atoms with Gasteiger partial charge in [-0.1, -0.05) is 0 Å². The van der Waals surface area contributed by atoms with E-state index >= 15 is 0 Å². The number of aromatic hydroxyl groups is 1. The maximum atomic E-state index is 12.2. The molecule has 3 rings (SSSR count). The Labute approximate surface area is 135 Å². The zero-order chi connectivity index (χ0) is 16.4. The second kappa shape index (κ2) is 6.16. The van der Waals surface area contributed by atoms with Crippen molar-refractivity contribution in [3.05, 3.63) is 59.2 Å². The number of allylic oxidation sites excluding steroid dienone is 1. The monoisotopic (exact) mass is 310 g/mol. The summed E-state index contributed by atoms with van der Waals surface area (Å²) in [6.07, 6.45) is 4.24. The van der Waals surface area contributed by atoms with Gasteiger partial charge in [0.25, 0.3) is 0 Å². The van der Waals surface area contributed by atoms with E-state index in [0.29, 0.717) is 5.56 Å². The van der Waals surface area contributed by atoms with Crippen molar-refractivity contribution >= 4 is 11.9 Å². The van der Waals surface area contributed by atoms with Crippen LogP contribution in [0.3, 0.4) is 0 Å². The quantitative estimate of drug-likeness (QED) is 0.692. The van der Waals surface area contributed by atoms with Crippen molar-refractivity contribution in [1.29, 1.82) is 0 Å². The number of fused-ring (bicyclic) bond motifs is 1. The maximum absolute atomic E-state index is 12.2. The molecule has 23 heavy (non-hydrogen) atoms. The molecule has 2 aromatic carbocycles. The lowest BCUT2D eigenvalue weighted by Crippen LogP contribution is -2.05. The lowest BCUT2D eigenvalue weighted by atomic mass is 10.0. The van der Waals surface area contributed by atoms with Gasteiger partial charge >= 0.3 is 0 Å². The standard InChI is InChI=1S/C19H18O4/c1-12-9-15-11-18(22-2)14(10-19(15)23-12)5-8-17(21)13-3-6-16(20)7-4-13/h3-8,10-12,20H,9H2,1-2H3/b8-5+. The predicted octanol–water partition coefficient (Wildman–Crippen LogP) is 3.62. The van der Waals surface area contributed by atoms with E-state index < -0.39 is 0 Å². The molecule has 0 aliphatic carbocycles. The second-order valence-corrected chi connectivity index (χ2v) is 5.58. The first kappa shape index (κ1) is 15.2. The molecular formula is C19H18O4. The molecule has 1 aliphatic rings. The molecule has 0 bridgehead atoms. The van der Waals surface area contributed by atoms with Crippen LogP contribution in [-0.4, -0.2) is 24.1 Å². The molecular weight excluding hydrogens is 292 g/mol. The number of carbonyl (C=O) groups is 1. The first-order chi connectivity index (χ1) is 11.1. The molecule has 0 aromatic heterocycles. The zero-order valence-electron chi connectivity index (χ0n) is 13.1. The van der Waals surface area contributed by atoms with Crippen LogP contribution in [0.4, 0.5) is 0 Å². The van der Waals surface area contributed by atoms with Crippen LogP contribution >= 0.6 is 0 Å². The Balaban J connectivity index is 1.86. The van der Waals surface area contributed by atoms with Crippen molar-refractivity contribution in [1.82, 2.24) is 0 Å². The minimum absolute atomic E-state index is 0.136. The van der Waals surface area contributed by atoms with E-state index in [1.807, 2.05) is 19.1 Å². The van der Waals surface area contributed by atoms with Crippen molar-refractivity contribution in [2.24, 2.45) is 0 Å². The summed E-state index contributed by atoms with van der Waals surface area (Å²) in [6.45, 7) is 2.02. The van der Waals surface area contributed by atoms with E-state index in [-0.39, 0.29) is 17.6 Å². The lowest BCUT2D eigenvalue weighted by molar-refractivity contribution is 0.104. The third-order valence-corrected chi connectivity index (χ3v) is 3.81. The highest BCUT2D eigenvalue weighted by Crippen LogP contribution is 2.35. The fourth-order valence-electron chi connectivity index (χ4n) is 2.65. The number of hydrogen-bond donors (Lipinski definition) is 1. The fourth-order valence-corrected chi connectivity index (χ4v) is 2.65. The van der Waals surface area contributed by atoms with Gasteiger partial charge in [0.1, 0.15) is 23.4 Å². The fraction of sp³-hybridized carbons (Fsp3) is 0.211. The van der Waals surface area contributed by atoms with Crippen LogP contribution < -0.4 is 9.47 Å². The van der Waals surface area contributed by atoms with Gasteiger partial charge in [-0.3, -0.25) is 4.79 Å². The smallest absolute Gasteiger partial charge is 0.185 e. The average Bonchev–Trinajstić information content (AvgIpc) is 2.91. The SMILES string of the molecule is COc1cc2c(cc1/C=C/C(=O)c1ccc(O)cc1)OC(C)C2. The van der Waals surface area contributed by atoms with Gasteiger partial charge in [0.15, 0.2) is 5.78 Å². The Morgan fingerprint density at radius 3 is 2.74 bits per heavy atom. The minimum Gasteiger partial charge on any atom is -0.508 e. The van der Waals surface area contributed by atoms with Crippen LogP contribution in [0.1, 0.15) is 28.4 Å². The van der Waals surface area contributed by atoms with E-state index in [1.54, 1.807) is 25.3 Å². The zero-order valence-corrected chi connectivity index (χ0v) is 13.1. The highest BCUT2D eigenvalue weighted by Gasteiger charge is 2.21. The molecule has 0 amide bonds. The van der Waals surface area contributed by atoms with Gasteiger partial charge < -0.3 is 14.6 Å². The summed E-state index contributed by atoms with van der Waals surface area (Å²) in [7, 11) is 1.61. The first-order valence-corrected chi connectivity index (χ1v) is 7.46. The van der Waals surface area contributed by atoms with Crippen LogP contribution in [0.5, 0.6) is 17.2 Å². The van der Waals surface area contributed by atoms with E-state index in [4.69, 9.17) is 9.47 Å². The molecule has 0 spiro atoms. The highest BCUT2D eigenvalue weighted by atomic mass is 16.5. The normalized spacial score (nSPS) is 16.2. The number of rotatable bonds is 4. The third kappa shape index (κ3) is 3.21. The van der Waals surface area contributed by atoms with E-state index in [1.165, 1.54) is 18.2 Å². The average molecular weight is 310 g/mol. The minimum atomic E-state index is -0.137. The number of methoxy groups -OCH3 is 1. The van der Waals surface area contributed by atoms with Crippen molar-refractivity contribution in [3.63, 3.8) is 0 Å². The highest BCUT2D eigenvalue weighted by molar-refractivity contribution is 6.07. The largest absolute Gasteiger partial charge is 0.508 e. The van der Waals surface area contributed by atoms with Crippen molar-refractivity contribution in [3.8, 4) is 17.2 Å².